The van der Waals surface area contributed by atoms with Crippen molar-refractivity contribution in [2.24, 2.45) is 0 Å². The highest BCUT2D eigenvalue weighted by Crippen LogP contribution is 2.29. The molecule has 3 rings (SSSR count). The van der Waals surface area contributed by atoms with Crippen molar-refractivity contribution < 1.29 is 21.9 Å². The molecule has 1 saturated heterocycles. The van der Waals surface area contributed by atoms with Crippen LogP contribution in [0.2, 0.25) is 0 Å². The second kappa shape index (κ2) is 6.29. The smallest absolute Gasteiger partial charge is 0.258 e. The number of nitrogens with zero attached hydrogens (tertiary/aromatic N) is 3. The molecule has 0 unspecified atom stereocenters. The minimum absolute atomic E-state index is 0.0317. The molecule has 1 aromatic carbocycles. The van der Waals surface area contributed by atoms with Crippen molar-refractivity contribution >= 4 is 30.8 Å². The number of aliphatic hydroxyl groups is 1. The maximum absolute atomic E-state index is 13.3. The van der Waals surface area contributed by atoms with Gasteiger partial charge in [-0.25, -0.2) is 21.8 Å². The lowest BCUT2D eigenvalue weighted by Crippen LogP contribution is -2.53. The van der Waals surface area contributed by atoms with Gasteiger partial charge in [0.2, 0.25) is 0 Å². The van der Waals surface area contributed by atoms with Gasteiger partial charge in [-0.2, -0.15) is 0 Å². The highest BCUT2D eigenvalue weighted by molar-refractivity contribution is 7.92. The topological polar surface area (TPSA) is 108 Å². The van der Waals surface area contributed by atoms with Gasteiger partial charge in [-0.1, -0.05) is 18.2 Å². The first-order chi connectivity index (χ1) is 11.6. The van der Waals surface area contributed by atoms with E-state index in [0.29, 0.717) is 10.9 Å². The second-order valence-electron chi connectivity index (χ2n) is 6.17. The minimum Gasteiger partial charge on any atom is -0.390 e. The van der Waals surface area contributed by atoms with E-state index in [1.54, 1.807) is 24.3 Å². The van der Waals surface area contributed by atoms with E-state index in [1.165, 1.54) is 31.4 Å². The van der Waals surface area contributed by atoms with E-state index in [1.807, 2.05) is 0 Å². The molecule has 136 valence electrons. The van der Waals surface area contributed by atoms with Gasteiger partial charge in [0.25, 0.3) is 10.0 Å². The summed E-state index contributed by atoms with van der Waals surface area (Å²) in [5.74, 6) is -0.880. The first-order valence-corrected chi connectivity index (χ1v) is 10.8. The van der Waals surface area contributed by atoms with Crippen LogP contribution in [0, 0.1) is 0 Å². The van der Waals surface area contributed by atoms with Gasteiger partial charge in [0.15, 0.2) is 9.84 Å². The molecule has 0 radical (unpaired) electrons. The third kappa shape index (κ3) is 3.27. The quantitative estimate of drug-likeness (QED) is 0.730. The molecule has 0 bridgehead atoms. The maximum atomic E-state index is 13.3. The molecule has 2 atom stereocenters. The summed E-state index contributed by atoms with van der Waals surface area (Å²) < 4.78 is 51.2. The molecule has 0 amide bonds. The van der Waals surface area contributed by atoms with Crippen molar-refractivity contribution in [3.63, 3.8) is 0 Å². The number of pyridine rings is 1. The zero-order chi connectivity index (χ0) is 18.4. The predicted octanol–water partition coefficient (Wildman–Crippen LogP) is -0.140. The van der Waals surface area contributed by atoms with Gasteiger partial charge in [0.05, 0.1) is 29.2 Å². The number of aliphatic hydroxyl groups excluding tert-OH is 1. The first kappa shape index (κ1) is 18.2. The number of hydrazine groups is 1. The van der Waals surface area contributed by atoms with Crippen molar-refractivity contribution in [1.82, 2.24) is 14.4 Å². The number of benzene rings is 1. The summed E-state index contributed by atoms with van der Waals surface area (Å²) in [6.45, 7) is 0. The fraction of sp³-hybridized carbons (Fsp3) is 0.400. The molecule has 8 nitrogen and oxygen atoms in total. The van der Waals surface area contributed by atoms with Crippen LogP contribution >= 0.6 is 0 Å². The number of para-hydroxylation sites is 1. The third-order valence-corrected chi connectivity index (χ3v) is 7.77. The van der Waals surface area contributed by atoms with E-state index in [9.17, 15) is 21.9 Å². The highest BCUT2D eigenvalue weighted by Gasteiger charge is 2.46. The summed E-state index contributed by atoms with van der Waals surface area (Å²) in [5, 5.41) is 12.1. The molecule has 0 saturated carbocycles. The monoisotopic (exact) mass is 385 g/mol. The SMILES string of the molecule is CN(C)N([C@@H]1CS(=O)(=O)C[C@H]1O)S(=O)(=O)c1cccc2cccnc12. The van der Waals surface area contributed by atoms with Crippen LogP contribution in [-0.4, -0.2) is 74.1 Å². The van der Waals surface area contributed by atoms with Crippen molar-refractivity contribution in [1.29, 1.82) is 0 Å². The van der Waals surface area contributed by atoms with Crippen molar-refractivity contribution in [2.75, 3.05) is 25.6 Å². The molecular weight excluding hydrogens is 366 g/mol. The van der Waals surface area contributed by atoms with E-state index >= 15 is 0 Å². The number of sulfonamides is 1. The van der Waals surface area contributed by atoms with E-state index in [4.69, 9.17) is 0 Å². The van der Waals surface area contributed by atoms with Gasteiger partial charge in [0.1, 0.15) is 4.90 Å². The molecule has 1 N–H and O–H groups in total. The van der Waals surface area contributed by atoms with Gasteiger partial charge >= 0.3 is 0 Å². The average Bonchev–Trinajstić information content (AvgIpc) is 2.78. The first-order valence-electron chi connectivity index (χ1n) is 7.57. The Labute approximate surface area is 146 Å². The van der Waals surface area contributed by atoms with Crippen molar-refractivity contribution in [3.8, 4) is 0 Å². The maximum Gasteiger partial charge on any atom is 0.258 e. The van der Waals surface area contributed by atoms with E-state index in [0.717, 1.165) is 4.41 Å². The summed E-state index contributed by atoms with van der Waals surface area (Å²) in [4.78, 5) is 4.13. The summed E-state index contributed by atoms with van der Waals surface area (Å²) >= 11 is 0. The Kier molecular flexibility index (Phi) is 4.58. The largest absolute Gasteiger partial charge is 0.390 e. The van der Waals surface area contributed by atoms with Crippen molar-refractivity contribution in [2.45, 2.75) is 17.0 Å². The second-order valence-corrected chi connectivity index (χ2v) is 10.1. The minimum atomic E-state index is -4.12. The molecule has 0 spiro atoms. The highest BCUT2D eigenvalue weighted by atomic mass is 32.2. The number of hydrogen-bond donors (Lipinski definition) is 1. The molecule has 10 heteroatoms. The standard InChI is InChI=1S/C15H19N3O5S2/c1-17(2)18(12-9-24(20,21)10-13(12)19)25(22,23)14-7-3-5-11-6-4-8-16-15(11)14/h3-8,12-13,19H,9-10H2,1-2H3/t12-,13-/m1/s1. The van der Waals surface area contributed by atoms with E-state index < -0.39 is 43.5 Å². The fourth-order valence-electron chi connectivity index (χ4n) is 3.10. The number of hydrogen-bond acceptors (Lipinski definition) is 7. The zero-order valence-corrected chi connectivity index (χ0v) is 15.4. The molecule has 2 heterocycles. The van der Waals surface area contributed by atoms with Gasteiger partial charge in [0, 0.05) is 25.7 Å². The van der Waals surface area contributed by atoms with Gasteiger partial charge in [-0.3, -0.25) is 4.98 Å². The molecule has 1 aromatic heterocycles. The number of fused-ring (bicyclic) bond motifs is 1. The van der Waals surface area contributed by atoms with E-state index in [2.05, 4.69) is 4.98 Å². The Morgan fingerprint density at radius 1 is 1.16 bits per heavy atom. The van der Waals surface area contributed by atoms with Crippen LogP contribution in [-0.2, 0) is 19.9 Å². The Morgan fingerprint density at radius 2 is 1.84 bits per heavy atom. The van der Waals surface area contributed by atoms with Crippen LogP contribution in [0.25, 0.3) is 10.9 Å². The normalized spacial score (nSPS) is 23.6. The third-order valence-electron chi connectivity index (χ3n) is 4.09. The Balaban J connectivity index is 2.16. The summed E-state index contributed by atoms with van der Waals surface area (Å²) in [7, 11) is -4.64. The van der Waals surface area contributed by atoms with Crippen molar-refractivity contribution in [3.05, 3.63) is 36.5 Å². The van der Waals surface area contributed by atoms with Crippen LogP contribution in [0.4, 0.5) is 0 Å². The molecule has 25 heavy (non-hydrogen) atoms. The summed E-state index contributed by atoms with van der Waals surface area (Å²) in [5.41, 5.74) is 0.298. The van der Waals surface area contributed by atoms with Crippen LogP contribution in [0.15, 0.2) is 41.4 Å². The molecule has 1 aliphatic heterocycles. The Morgan fingerprint density at radius 3 is 2.44 bits per heavy atom. The average molecular weight is 385 g/mol. The number of rotatable bonds is 4. The summed E-state index contributed by atoms with van der Waals surface area (Å²) in [6.07, 6.45) is 0.209. The van der Waals surface area contributed by atoms with Crippen LogP contribution in [0.3, 0.4) is 0 Å². The Hall–Kier alpha value is -1.59. The zero-order valence-electron chi connectivity index (χ0n) is 13.8. The lowest BCUT2D eigenvalue weighted by Gasteiger charge is -2.34. The van der Waals surface area contributed by atoms with Gasteiger partial charge in [-0.05, 0) is 12.1 Å². The molecule has 2 aromatic rings. The predicted molar refractivity (Wildman–Crippen MR) is 92.9 cm³/mol. The molecule has 1 fully saturated rings. The van der Waals surface area contributed by atoms with E-state index in [-0.39, 0.29) is 4.90 Å². The van der Waals surface area contributed by atoms with Gasteiger partial charge < -0.3 is 5.11 Å². The lowest BCUT2D eigenvalue weighted by atomic mass is 10.2. The van der Waals surface area contributed by atoms with Crippen LogP contribution in [0.1, 0.15) is 0 Å². The van der Waals surface area contributed by atoms with Crippen LogP contribution in [0.5, 0.6) is 0 Å². The number of aromatic nitrogens is 1. The van der Waals surface area contributed by atoms with Crippen LogP contribution < -0.4 is 0 Å². The molecule has 0 aliphatic carbocycles. The van der Waals surface area contributed by atoms with Gasteiger partial charge in [-0.15, -0.1) is 4.41 Å². The summed E-state index contributed by atoms with van der Waals surface area (Å²) in [6, 6.07) is 7.15. The molecular formula is C15H19N3O5S2. The lowest BCUT2D eigenvalue weighted by molar-refractivity contribution is 0.0272. The number of sulfone groups is 1. The Bertz CT molecular complexity index is 1000. The molecule has 1 aliphatic rings. The fourth-order valence-corrected chi connectivity index (χ4v) is 6.82.